The van der Waals surface area contributed by atoms with Crippen molar-refractivity contribution < 1.29 is 28.6 Å². The Morgan fingerprint density at radius 2 is 1.06 bits per heavy atom. The molecule has 1 amide bonds. The molecule has 0 radical (unpaired) electrons. The second-order valence-corrected chi connectivity index (χ2v) is 22.2. The highest BCUT2D eigenvalue weighted by molar-refractivity contribution is 7.09. The van der Waals surface area contributed by atoms with Crippen LogP contribution in [-0.4, -0.2) is 148 Å². The van der Waals surface area contributed by atoms with Gasteiger partial charge in [-0.3, -0.25) is 49.2 Å². The average molecular weight is 1210 g/mol. The van der Waals surface area contributed by atoms with E-state index in [0.29, 0.717) is 87.0 Å². The molecular formula is C63H80N12O11S. The van der Waals surface area contributed by atoms with Crippen LogP contribution in [0.5, 0.6) is 0 Å². The quantitative estimate of drug-likeness (QED) is 0.0688. The molecular weight excluding hydrogens is 1130 g/mol. The highest BCUT2D eigenvalue weighted by Gasteiger charge is 2.35. The first kappa shape index (κ1) is 65.8. The number of pyridine rings is 3. The molecule has 0 bridgehead atoms. The largest absolute Gasteiger partial charge is 0.468 e. The number of benzene rings is 3. The van der Waals surface area contributed by atoms with Crippen LogP contribution in [0.2, 0.25) is 0 Å². The fourth-order valence-corrected chi connectivity index (χ4v) is 12.6. The Kier molecular flexibility index (Phi) is 22.0. The molecule has 3 aromatic carbocycles. The number of aryl methyl sites for hydroxylation is 3. The van der Waals surface area contributed by atoms with E-state index in [4.69, 9.17) is 9.15 Å². The van der Waals surface area contributed by atoms with Crippen LogP contribution in [0.15, 0.2) is 128 Å². The van der Waals surface area contributed by atoms with Gasteiger partial charge in [0.1, 0.15) is 22.7 Å². The standard InChI is InChI=1S/C22H28N4O4.C19H20N4O4.C19H20N4O3S.3CH4/c1-3-30-22(29)18-19(15-7-4-5-9-17(15)24(2)21(18)28)25-11-13-26(14-12-25)20(27)16-8-6-10-23-16;2*1-20-16-7-3-2-6-15(16)17(18(19(20)24)23(25)26)22-10-8-21(9-11-22)13-14-5-4-12-27-14;;;/h4-5,7,9,16,23H,3,6,8,10-14H2,1-2H3;2*2-7,12H,8-11,13H2,1H3;3*1H4. The van der Waals surface area contributed by atoms with E-state index in [0.717, 1.165) is 79.5 Å². The molecule has 1 atom stereocenters. The van der Waals surface area contributed by atoms with Crippen molar-refractivity contribution in [2.24, 2.45) is 21.1 Å². The Bertz CT molecular complexity index is 3720. The number of piperazine rings is 3. The van der Waals surface area contributed by atoms with E-state index in [1.807, 2.05) is 111 Å². The minimum atomic E-state index is -0.604. The minimum absolute atomic E-state index is 0. The number of ether oxygens (including phenoxy) is 1. The number of esters is 1. The van der Waals surface area contributed by atoms with E-state index in [9.17, 15) is 44.2 Å². The van der Waals surface area contributed by atoms with Crippen molar-refractivity contribution in [3.63, 3.8) is 0 Å². The summed E-state index contributed by atoms with van der Waals surface area (Å²) in [6.07, 6.45) is 3.56. The number of carbonyl (C=O) groups excluding carboxylic acids is 2. The number of nitro groups is 2. The van der Waals surface area contributed by atoms with E-state index < -0.39 is 26.9 Å². The third-order valence-electron chi connectivity index (χ3n) is 16.2. The first-order valence-corrected chi connectivity index (χ1v) is 29.1. The maximum absolute atomic E-state index is 13.1. The number of fused-ring (bicyclic) bond motifs is 3. The van der Waals surface area contributed by atoms with Gasteiger partial charge in [-0.1, -0.05) is 82.9 Å². The summed E-state index contributed by atoms with van der Waals surface area (Å²) in [7, 11) is 4.82. The Labute approximate surface area is 509 Å². The molecule has 4 aliphatic heterocycles. The number of nitrogens with zero attached hydrogens (tertiary/aromatic N) is 11. The molecule has 0 spiro atoms. The molecule has 8 aromatic rings. The molecule has 0 saturated carbocycles. The van der Waals surface area contributed by atoms with E-state index in [1.54, 1.807) is 45.7 Å². The number of amides is 1. The van der Waals surface area contributed by atoms with Crippen LogP contribution in [0, 0.1) is 20.2 Å². The lowest BCUT2D eigenvalue weighted by molar-refractivity contribution is -0.385. The molecule has 0 aliphatic carbocycles. The maximum Gasteiger partial charge on any atom is 0.357 e. The zero-order chi connectivity index (χ0) is 59.2. The third-order valence-corrected chi connectivity index (χ3v) is 17.0. The van der Waals surface area contributed by atoms with Gasteiger partial charge in [-0.2, -0.15) is 0 Å². The summed E-state index contributed by atoms with van der Waals surface area (Å²) < 4.78 is 14.8. The number of para-hydroxylation sites is 3. The number of hydrogen-bond acceptors (Lipinski definition) is 18. The monoisotopic (exact) mass is 1210 g/mol. The second kappa shape index (κ2) is 29.1. The smallest absolute Gasteiger partial charge is 0.357 e. The van der Waals surface area contributed by atoms with Crippen molar-refractivity contribution in [1.29, 1.82) is 0 Å². The van der Waals surface area contributed by atoms with Gasteiger partial charge in [0, 0.05) is 127 Å². The van der Waals surface area contributed by atoms with Gasteiger partial charge in [0.05, 0.1) is 57.5 Å². The summed E-state index contributed by atoms with van der Waals surface area (Å²) in [5.74, 6) is 0.438. The molecule has 23 nitrogen and oxygen atoms in total. The molecule has 1 N–H and O–H groups in total. The Balaban J connectivity index is 0.000000184. The van der Waals surface area contributed by atoms with Crippen LogP contribution in [0.1, 0.15) is 63.0 Å². The molecule has 4 fully saturated rings. The van der Waals surface area contributed by atoms with E-state index in [1.165, 1.54) is 18.6 Å². The average Bonchev–Trinajstić information content (AvgIpc) is 1.07. The Morgan fingerprint density at radius 3 is 1.49 bits per heavy atom. The van der Waals surface area contributed by atoms with Gasteiger partial charge in [0.15, 0.2) is 0 Å². The van der Waals surface area contributed by atoms with Crippen LogP contribution < -0.4 is 36.7 Å². The first-order valence-electron chi connectivity index (χ1n) is 28.2. The number of thiophene rings is 1. The van der Waals surface area contributed by atoms with Crippen molar-refractivity contribution in [3.8, 4) is 0 Å². The summed E-state index contributed by atoms with van der Waals surface area (Å²) in [5, 5.41) is 31.1. The SMILES string of the molecule is C.C.C.CCOC(=O)c1c(N2CCN(C(=O)C3CCCN3)CC2)c2ccccc2n(C)c1=O.Cn1c(=O)c([N+](=O)[O-])c(N2CCN(Cc3ccco3)CC2)c2ccccc21.Cn1c(=O)c([N+](=O)[O-])c(N2CCN(Cc3cccs3)CC2)c2ccccc21. The number of rotatable bonds is 12. The molecule has 12 rings (SSSR count). The van der Waals surface area contributed by atoms with Gasteiger partial charge in [0.2, 0.25) is 5.91 Å². The molecule has 87 heavy (non-hydrogen) atoms. The van der Waals surface area contributed by atoms with Gasteiger partial charge in [-0.25, -0.2) is 4.79 Å². The fraction of sp³-hybridized carbons (Fsp3) is 0.413. The second-order valence-electron chi connectivity index (χ2n) is 21.1. The Morgan fingerprint density at radius 1 is 0.598 bits per heavy atom. The van der Waals surface area contributed by atoms with Gasteiger partial charge < -0.3 is 47.8 Å². The van der Waals surface area contributed by atoms with E-state index >= 15 is 0 Å². The van der Waals surface area contributed by atoms with Crippen molar-refractivity contribution >= 4 is 84.4 Å². The summed E-state index contributed by atoms with van der Waals surface area (Å²) in [5.41, 5.74) is 1.54. The summed E-state index contributed by atoms with van der Waals surface area (Å²) in [6.45, 7) is 12.3. The zero-order valence-electron chi connectivity index (χ0n) is 47.5. The van der Waals surface area contributed by atoms with Gasteiger partial charge in [0.25, 0.3) is 5.56 Å². The van der Waals surface area contributed by atoms with Gasteiger partial charge in [-0.05, 0) is 68.1 Å². The maximum atomic E-state index is 13.1. The van der Waals surface area contributed by atoms with Crippen molar-refractivity contribution in [1.82, 2.24) is 33.7 Å². The van der Waals surface area contributed by atoms with Crippen LogP contribution in [0.4, 0.5) is 28.4 Å². The van der Waals surface area contributed by atoms with Crippen LogP contribution >= 0.6 is 11.3 Å². The fourth-order valence-electron chi connectivity index (χ4n) is 11.9. The number of furan rings is 1. The zero-order valence-corrected chi connectivity index (χ0v) is 48.3. The lowest BCUT2D eigenvalue weighted by Gasteiger charge is -2.38. The van der Waals surface area contributed by atoms with E-state index in [2.05, 4.69) is 26.6 Å². The topological polar surface area (TPSA) is 240 Å². The number of aromatic nitrogens is 3. The molecule has 24 heteroatoms. The minimum Gasteiger partial charge on any atom is -0.468 e. The van der Waals surface area contributed by atoms with Crippen LogP contribution in [0.25, 0.3) is 32.7 Å². The van der Waals surface area contributed by atoms with Crippen LogP contribution in [-0.2, 0) is 43.8 Å². The first-order chi connectivity index (χ1) is 40.6. The summed E-state index contributed by atoms with van der Waals surface area (Å²) >= 11 is 1.74. The Hall–Kier alpha value is -8.71. The number of carbonyl (C=O) groups is 2. The predicted molar refractivity (Wildman–Crippen MR) is 345 cm³/mol. The van der Waals surface area contributed by atoms with Crippen molar-refractivity contribution in [2.75, 3.05) is 106 Å². The lowest BCUT2D eigenvalue weighted by Crippen LogP contribution is -2.53. The third kappa shape index (κ3) is 13.8. The molecule has 4 aliphatic rings. The molecule has 4 saturated heterocycles. The van der Waals surface area contributed by atoms with Gasteiger partial charge >= 0.3 is 28.5 Å². The summed E-state index contributed by atoms with van der Waals surface area (Å²) in [6, 6.07) is 30.2. The van der Waals surface area contributed by atoms with Crippen LogP contribution in [0.3, 0.4) is 0 Å². The molecule has 1 unspecified atom stereocenters. The highest BCUT2D eigenvalue weighted by Crippen LogP contribution is 2.36. The molecule has 464 valence electrons. The molecule has 5 aromatic heterocycles. The van der Waals surface area contributed by atoms with Gasteiger partial charge in [-0.15, -0.1) is 11.3 Å². The van der Waals surface area contributed by atoms with Crippen molar-refractivity contribution in [3.05, 3.63) is 176 Å². The normalized spacial score (nSPS) is 16.2. The number of hydrogen-bond donors (Lipinski definition) is 1. The van der Waals surface area contributed by atoms with Crippen molar-refractivity contribution in [2.45, 2.75) is 61.2 Å². The van der Waals surface area contributed by atoms with E-state index in [-0.39, 0.29) is 63.3 Å². The number of anilines is 3. The number of nitrogens with one attached hydrogen (secondary N) is 1. The predicted octanol–water partition coefficient (Wildman–Crippen LogP) is 8.22. The molecule has 9 heterocycles. The lowest BCUT2D eigenvalue weighted by atomic mass is 10.1. The summed E-state index contributed by atoms with van der Waals surface area (Å²) in [4.78, 5) is 99.9. The highest BCUT2D eigenvalue weighted by atomic mass is 32.1.